The second-order valence-corrected chi connectivity index (χ2v) is 11.8. The first-order valence-electron chi connectivity index (χ1n) is 15.7. The van der Waals surface area contributed by atoms with E-state index in [0.29, 0.717) is 0 Å². The summed E-state index contributed by atoms with van der Waals surface area (Å²) in [7, 11) is 2.09. The summed E-state index contributed by atoms with van der Waals surface area (Å²) in [5.41, 5.74) is 12.6. The molecule has 0 N–H and O–H groups in total. The van der Waals surface area contributed by atoms with E-state index in [1.165, 1.54) is 22.1 Å². The van der Waals surface area contributed by atoms with Crippen molar-refractivity contribution in [3.05, 3.63) is 164 Å². The standard InChI is InChI=1S/C43H28N4.Pt/c1-46-42-27-32(31-19-17-30(18-20-31)29-10-3-2-4-11-29)22-24-39(42)45-43(46)34-21-23-37-36-14-5-6-16-40(36)47(41(37)28-34)35-13-9-12-33(26-35)38-15-7-8-25-44-38;/h2-25,27H,1H3;/q-2;+2. The van der Waals surface area contributed by atoms with Crippen LogP contribution in [0.1, 0.15) is 0 Å². The molecule has 0 amide bonds. The Morgan fingerprint density at radius 3 is 2.08 bits per heavy atom. The van der Waals surface area contributed by atoms with Crippen molar-refractivity contribution in [2.45, 2.75) is 0 Å². The second kappa shape index (κ2) is 12.2. The number of aryl methyl sites for hydroxylation is 1. The molecule has 0 aliphatic carbocycles. The van der Waals surface area contributed by atoms with Crippen molar-refractivity contribution in [3.63, 3.8) is 0 Å². The average Bonchev–Trinajstić information content (AvgIpc) is 3.66. The largest absolute Gasteiger partial charge is 2.00 e. The number of rotatable bonds is 5. The fraction of sp³-hybridized carbons (Fsp3) is 0.0233. The number of para-hydroxylation sites is 1. The molecule has 0 aliphatic rings. The summed E-state index contributed by atoms with van der Waals surface area (Å²) in [6.07, 6.45) is 1.82. The predicted molar refractivity (Wildman–Crippen MR) is 192 cm³/mol. The summed E-state index contributed by atoms with van der Waals surface area (Å²) in [4.78, 5) is 9.66. The molecule has 0 aliphatic heterocycles. The van der Waals surface area contributed by atoms with Gasteiger partial charge < -0.3 is 14.1 Å². The minimum atomic E-state index is 0. The first kappa shape index (κ1) is 29.8. The Bertz CT molecular complexity index is 2570. The number of nitrogens with zero attached hydrogens (tertiary/aromatic N) is 4. The normalized spacial score (nSPS) is 11.3. The van der Waals surface area contributed by atoms with E-state index in [-0.39, 0.29) is 21.1 Å². The number of pyridine rings is 1. The van der Waals surface area contributed by atoms with Crippen LogP contribution in [0, 0.1) is 12.1 Å². The Morgan fingerprint density at radius 1 is 0.542 bits per heavy atom. The molecular formula is C43H28N4Pt. The summed E-state index contributed by atoms with van der Waals surface area (Å²) in [6, 6.07) is 58.2. The van der Waals surface area contributed by atoms with Crippen molar-refractivity contribution < 1.29 is 21.1 Å². The predicted octanol–water partition coefficient (Wildman–Crippen LogP) is 10.3. The van der Waals surface area contributed by atoms with E-state index in [2.05, 4.69) is 155 Å². The van der Waals surface area contributed by atoms with E-state index in [1.54, 1.807) is 0 Å². The summed E-state index contributed by atoms with van der Waals surface area (Å²) >= 11 is 0. The number of hydrogen-bond acceptors (Lipinski definition) is 2. The van der Waals surface area contributed by atoms with Crippen LogP contribution in [0.5, 0.6) is 0 Å². The topological polar surface area (TPSA) is 35.6 Å². The third-order valence-electron chi connectivity index (χ3n) is 8.99. The van der Waals surface area contributed by atoms with Crippen LogP contribution in [0.25, 0.3) is 83.4 Å². The Balaban J connectivity index is 0.00000336. The van der Waals surface area contributed by atoms with Gasteiger partial charge in [-0.05, 0) is 68.8 Å². The van der Waals surface area contributed by atoms with Crippen LogP contribution < -0.4 is 0 Å². The van der Waals surface area contributed by atoms with Gasteiger partial charge in [0.25, 0.3) is 0 Å². The molecule has 0 spiro atoms. The third-order valence-corrected chi connectivity index (χ3v) is 8.99. The van der Waals surface area contributed by atoms with Gasteiger partial charge in [0.05, 0.1) is 16.9 Å². The zero-order chi connectivity index (χ0) is 31.3. The Hall–Kier alpha value is -5.57. The van der Waals surface area contributed by atoms with Crippen molar-refractivity contribution in [1.82, 2.24) is 19.1 Å². The molecule has 0 radical (unpaired) electrons. The van der Waals surface area contributed by atoms with Crippen LogP contribution in [0.3, 0.4) is 0 Å². The van der Waals surface area contributed by atoms with Crippen LogP contribution in [0.4, 0.5) is 0 Å². The van der Waals surface area contributed by atoms with Gasteiger partial charge in [-0.15, -0.1) is 53.6 Å². The summed E-state index contributed by atoms with van der Waals surface area (Å²) < 4.78 is 4.43. The number of imidazole rings is 1. The molecule has 4 nitrogen and oxygen atoms in total. The van der Waals surface area contributed by atoms with Gasteiger partial charge in [0, 0.05) is 18.8 Å². The molecular weight excluding hydrogens is 768 g/mol. The van der Waals surface area contributed by atoms with Crippen molar-refractivity contribution in [2.24, 2.45) is 7.05 Å². The number of aromatic nitrogens is 4. The van der Waals surface area contributed by atoms with Crippen LogP contribution in [0.2, 0.25) is 0 Å². The zero-order valence-electron chi connectivity index (χ0n) is 26.0. The van der Waals surface area contributed by atoms with Gasteiger partial charge in [-0.25, -0.2) is 0 Å². The fourth-order valence-electron chi connectivity index (χ4n) is 6.63. The molecule has 5 heteroatoms. The molecule has 0 saturated carbocycles. The molecule has 48 heavy (non-hydrogen) atoms. The van der Waals surface area contributed by atoms with Crippen LogP contribution in [0.15, 0.2) is 152 Å². The SMILES string of the molecule is Cn1c(-c2[c-]c3c(cc2)c2ccccc2n3-c2[c-]c(-c3ccccn3)ccc2)nc2ccc(-c3ccc(-c4ccccc4)cc3)cc21.[Pt+2]. The third kappa shape index (κ3) is 5.06. The van der Waals surface area contributed by atoms with Gasteiger partial charge >= 0.3 is 21.1 Å². The van der Waals surface area contributed by atoms with E-state index in [1.807, 2.05) is 30.5 Å². The first-order chi connectivity index (χ1) is 23.2. The van der Waals surface area contributed by atoms with E-state index in [9.17, 15) is 0 Å². The maximum absolute atomic E-state index is 5.09. The van der Waals surface area contributed by atoms with Crippen LogP contribution in [-0.2, 0) is 28.1 Å². The van der Waals surface area contributed by atoms with Gasteiger partial charge in [-0.2, -0.15) is 0 Å². The van der Waals surface area contributed by atoms with E-state index < -0.39 is 0 Å². The number of hydrogen-bond donors (Lipinski definition) is 0. The van der Waals surface area contributed by atoms with Gasteiger partial charge in [-0.1, -0.05) is 96.4 Å². The Morgan fingerprint density at radius 2 is 1.27 bits per heavy atom. The fourth-order valence-corrected chi connectivity index (χ4v) is 6.63. The molecule has 0 saturated heterocycles. The van der Waals surface area contributed by atoms with Crippen molar-refractivity contribution in [2.75, 3.05) is 0 Å². The molecule has 3 aromatic heterocycles. The molecule has 9 rings (SSSR count). The van der Waals surface area contributed by atoms with Crippen LogP contribution >= 0.6 is 0 Å². The van der Waals surface area contributed by atoms with Crippen LogP contribution in [-0.4, -0.2) is 19.1 Å². The van der Waals surface area contributed by atoms with Crippen molar-refractivity contribution in [3.8, 4) is 50.6 Å². The van der Waals surface area contributed by atoms with Crippen molar-refractivity contribution in [1.29, 1.82) is 0 Å². The van der Waals surface area contributed by atoms with Gasteiger partial charge in [0.2, 0.25) is 0 Å². The van der Waals surface area contributed by atoms with Crippen molar-refractivity contribution >= 4 is 32.8 Å². The minimum Gasteiger partial charge on any atom is -0.367 e. The number of benzene rings is 6. The molecule has 6 aromatic carbocycles. The van der Waals surface area contributed by atoms with E-state index >= 15 is 0 Å². The molecule has 0 atom stereocenters. The zero-order valence-corrected chi connectivity index (χ0v) is 28.3. The minimum absolute atomic E-state index is 0. The summed E-state index contributed by atoms with van der Waals surface area (Å²) in [5, 5.41) is 2.32. The van der Waals surface area contributed by atoms with Gasteiger partial charge in [0.15, 0.2) is 0 Å². The van der Waals surface area contributed by atoms with E-state index in [0.717, 1.165) is 61.3 Å². The summed E-state index contributed by atoms with van der Waals surface area (Å²) in [6.45, 7) is 0. The van der Waals surface area contributed by atoms with Gasteiger partial charge in [0.1, 0.15) is 0 Å². The maximum Gasteiger partial charge on any atom is 2.00 e. The Kier molecular flexibility index (Phi) is 7.59. The molecule has 3 heterocycles. The monoisotopic (exact) mass is 795 g/mol. The quantitative estimate of drug-likeness (QED) is 0.163. The second-order valence-electron chi connectivity index (χ2n) is 11.8. The first-order valence-corrected chi connectivity index (χ1v) is 15.7. The Labute approximate surface area is 293 Å². The molecule has 0 unspecified atom stereocenters. The maximum atomic E-state index is 5.09. The molecule has 0 bridgehead atoms. The molecule has 0 fully saturated rings. The number of fused-ring (bicyclic) bond motifs is 4. The molecule has 230 valence electrons. The van der Waals surface area contributed by atoms with Gasteiger partial charge in [-0.3, -0.25) is 4.98 Å². The smallest absolute Gasteiger partial charge is 0.367 e. The average molecular weight is 796 g/mol. The molecule has 9 aromatic rings. The summed E-state index contributed by atoms with van der Waals surface area (Å²) in [5.74, 6) is 0.876. The van der Waals surface area contributed by atoms with E-state index in [4.69, 9.17) is 4.98 Å².